The van der Waals surface area contributed by atoms with Crippen molar-refractivity contribution >= 4 is 23.4 Å². The van der Waals surface area contributed by atoms with Gasteiger partial charge in [-0.3, -0.25) is 10.1 Å². The number of carbonyl (C=O) groups is 1. The number of nitrogens with zero attached hydrogens (tertiary/aromatic N) is 1. The van der Waals surface area contributed by atoms with Crippen LogP contribution in [0.5, 0.6) is 5.75 Å². The lowest BCUT2D eigenvalue weighted by atomic mass is 10.0. The van der Waals surface area contributed by atoms with E-state index < -0.39 is 4.87 Å². The van der Waals surface area contributed by atoms with Crippen LogP contribution >= 0.6 is 11.8 Å². The number of hydrogen-bond acceptors (Lipinski definition) is 4. The Hall–Kier alpha value is -1.98. The van der Waals surface area contributed by atoms with Crippen molar-refractivity contribution in [2.45, 2.75) is 18.3 Å². The van der Waals surface area contributed by atoms with E-state index in [0.717, 1.165) is 34.9 Å². The molecule has 0 aliphatic carbocycles. The highest BCUT2D eigenvalue weighted by Crippen LogP contribution is 2.49. The number of anilines is 1. The van der Waals surface area contributed by atoms with Crippen LogP contribution in [0, 0.1) is 6.92 Å². The maximum absolute atomic E-state index is 13.3. The molecule has 1 fully saturated rings. The molecule has 124 valence electrons. The van der Waals surface area contributed by atoms with E-state index in [4.69, 9.17) is 4.74 Å². The molecule has 2 aliphatic rings. The molecule has 2 aromatic rings. The molecule has 0 saturated carbocycles. The van der Waals surface area contributed by atoms with Crippen molar-refractivity contribution < 1.29 is 9.53 Å². The molecule has 1 atom stereocenters. The molecule has 1 unspecified atom stereocenters. The summed E-state index contributed by atoms with van der Waals surface area (Å²) in [6, 6.07) is 14.2. The van der Waals surface area contributed by atoms with Gasteiger partial charge in [0.05, 0.1) is 19.3 Å². The smallest absolute Gasteiger partial charge is 0.262 e. The van der Waals surface area contributed by atoms with Crippen LogP contribution in [0.25, 0.3) is 0 Å². The lowest BCUT2D eigenvalue weighted by Crippen LogP contribution is -2.44. The maximum Gasteiger partial charge on any atom is 0.262 e. The third kappa shape index (κ3) is 2.31. The molecule has 1 amide bonds. The Balaban J connectivity index is 1.75. The number of benzene rings is 2. The Bertz CT molecular complexity index is 800. The predicted molar refractivity (Wildman–Crippen MR) is 97.5 cm³/mol. The first-order valence-corrected chi connectivity index (χ1v) is 9.07. The van der Waals surface area contributed by atoms with E-state index in [1.165, 1.54) is 5.56 Å². The zero-order valence-corrected chi connectivity index (χ0v) is 14.7. The first-order valence-electron chi connectivity index (χ1n) is 8.09. The van der Waals surface area contributed by atoms with Gasteiger partial charge in [0.1, 0.15) is 5.75 Å². The van der Waals surface area contributed by atoms with E-state index in [1.54, 1.807) is 18.9 Å². The molecule has 1 spiro atoms. The highest BCUT2D eigenvalue weighted by Gasteiger charge is 2.53. The van der Waals surface area contributed by atoms with Gasteiger partial charge in [0.25, 0.3) is 5.91 Å². The summed E-state index contributed by atoms with van der Waals surface area (Å²) in [6.07, 6.45) is 0. The number of carbonyl (C=O) groups excluding carboxylic acids is 1. The summed E-state index contributed by atoms with van der Waals surface area (Å²) in [5, 5.41) is 3.45. The van der Waals surface area contributed by atoms with E-state index in [9.17, 15) is 4.79 Å². The minimum atomic E-state index is -0.611. The SMILES string of the molecule is COc1cccc(CN2C(=O)C3(NCCS3)c3cc(C)ccc32)c1. The molecule has 24 heavy (non-hydrogen) atoms. The number of fused-ring (bicyclic) bond motifs is 2. The fourth-order valence-corrected chi connectivity index (χ4v) is 4.75. The molecule has 1 N–H and O–H groups in total. The molecule has 2 heterocycles. The maximum atomic E-state index is 13.3. The minimum absolute atomic E-state index is 0.133. The molecule has 1 saturated heterocycles. The first-order chi connectivity index (χ1) is 11.6. The van der Waals surface area contributed by atoms with Gasteiger partial charge in [-0.1, -0.05) is 29.8 Å². The number of hydrogen-bond donors (Lipinski definition) is 1. The van der Waals surface area contributed by atoms with Gasteiger partial charge in [-0.2, -0.15) is 0 Å². The molecule has 2 aliphatic heterocycles. The van der Waals surface area contributed by atoms with Gasteiger partial charge in [-0.25, -0.2) is 0 Å². The van der Waals surface area contributed by atoms with Crippen molar-refractivity contribution in [3.05, 3.63) is 59.2 Å². The predicted octanol–water partition coefficient (Wildman–Crippen LogP) is 3.04. The Morgan fingerprint density at radius 2 is 2.17 bits per heavy atom. The van der Waals surface area contributed by atoms with E-state index in [2.05, 4.69) is 30.4 Å². The highest BCUT2D eigenvalue weighted by atomic mass is 32.2. The number of rotatable bonds is 3. The van der Waals surface area contributed by atoms with Crippen molar-refractivity contribution in [1.82, 2.24) is 5.32 Å². The van der Waals surface area contributed by atoms with Gasteiger partial charge < -0.3 is 9.64 Å². The molecule has 0 bridgehead atoms. The third-order valence-electron chi connectivity index (χ3n) is 4.64. The van der Waals surface area contributed by atoms with Crippen LogP contribution < -0.4 is 15.0 Å². The van der Waals surface area contributed by atoms with E-state index in [0.29, 0.717) is 6.54 Å². The number of thioether (sulfide) groups is 1. The monoisotopic (exact) mass is 340 g/mol. The van der Waals surface area contributed by atoms with Gasteiger partial charge in [-0.05, 0) is 30.7 Å². The summed E-state index contributed by atoms with van der Waals surface area (Å²) < 4.78 is 5.30. The summed E-state index contributed by atoms with van der Waals surface area (Å²) in [6.45, 7) is 3.48. The van der Waals surface area contributed by atoms with Crippen LogP contribution in [0.2, 0.25) is 0 Å². The summed E-state index contributed by atoms with van der Waals surface area (Å²) in [7, 11) is 1.66. The zero-order valence-electron chi connectivity index (χ0n) is 13.8. The van der Waals surface area contributed by atoms with E-state index in [1.807, 2.05) is 29.2 Å². The molecular formula is C19H20N2O2S. The van der Waals surface area contributed by atoms with Crippen LogP contribution in [0.3, 0.4) is 0 Å². The fourth-order valence-electron chi connectivity index (χ4n) is 3.48. The second kappa shape index (κ2) is 5.83. The number of nitrogens with one attached hydrogen (secondary N) is 1. The van der Waals surface area contributed by atoms with Gasteiger partial charge >= 0.3 is 0 Å². The van der Waals surface area contributed by atoms with Gasteiger partial charge in [0, 0.05) is 17.9 Å². The fraction of sp³-hybridized carbons (Fsp3) is 0.316. The van der Waals surface area contributed by atoms with Crippen molar-refractivity contribution in [2.75, 3.05) is 24.3 Å². The lowest BCUT2D eigenvalue weighted by Gasteiger charge is -2.23. The molecule has 2 aromatic carbocycles. The summed E-state index contributed by atoms with van der Waals surface area (Å²) >= 11 is 1.71. The Kier molecular flexibility index (Phi) is 3.77. The average Bonchev–Trinajstić information content (AvgIpc) is 3.17. The average molecular weight is 340 g/mol. The van der Waals surface area contributed by atoms with Crippen molar-refractivity contribution in [3.8, 4) is 5.75 Å². The van der Waals surface area contributed by atoms with Crippen molar-refractivity contribution in [1.29, 1.82) is 0 Å². The standard InChI is InChI=1S/C19H20N2O2S/c1-13-6-7-17-16(10-13)19(20-8-9-24-19)18(22)21(17)12-14-4-3-5-15(11-14)23-2/h3-7,10-11,20H,8-9,12H2,1-2H3. The first kappa shape index (κ1) is 15.5. The van der Waals surface area contributed by atoms with Crippen LogP contribution in [0.1, 0.15) is 16.7 Å². The summed E-state index contributed by atoms with van der Waals surface area (Å²) in [5.74, 6) is 1.89. The molecule has 4 rings (SSSR count). The largest absolute Gasteiger partial charge is 0.497 e. The quantitative estimate of drug-likeness (QED) is 0.932. The minimum Gasteiger partial charge on any atom is -0.497 e. The zero-order chi connectivity index (χ0) is 16.7. The number of ether oxygens (including phenoxy) is 1. The van der Waals surface area contributed by atoms with Crippen molar-refractivity contribution in [3.63, 3.8) is 0 Å². The van der Waals surface area contributed by atoms with Gasteiger partial charge in [-0.15, -0.1) is 11.8 Å². The topological polar surface area (TPSA) is 41.6 Å². The molecule has 0 aromatic heterocycles. The summed E-state index contributed by atoms with van der Waals surface area (Å²) in [4.78, 5) is 14.6. The lowest BCUT2D eigenvalue weighted by molar-refractivity contribution is -0.121. The van der Waals surface area contributed by atoms with E-state index >= 15 is 0 Å². The Morgan fingerprint density at radius 1 is 1.29 bits per heavy atom. The molecule has 0 radical (unpaired) electrons. The van der Waals surface area contributed by atoms with Crippen molar-refractivity contribution in [2.24, 2.45) is 0 Å². The molecule has 4 nitrogen and oxygen atoms in total. The normalized spacial score (nSPS) is 22.2. The Morgan fingerprint density at radius 3 is 2.92 bits per heavy atom. The van der Waals surface area contributed by atoms with Crippen LogP contribution in [0.15, 0.2) is 42.5 Å². The summed E-state index contributed by atoms with van der Waals surface area (Å²) in [5.41, 5.74) is 4.35. The second-order valence-corrected chi connectivity index (χ2v) is 7.53. The van der Waals surface area contributed by atoms with Crippen LogP contribution in [-0.2, 0) is 16.2 Å². The molecule has 5 heteroatoms. The Labute approximate surface area is 146 Å². The molecular weight excluding hydrogens is 320 g/mol. The third-order valence-corrected chi connectivity index (χ3v) is 6.02. The number of methoxy groups -OCH3 is 1. The number of aryl methyl sites for hydroxylation is 1. The van der Waals surface area contributed by atoms with Gasteiger partial charge in [0.2, 0.25) is 0 Å². The van der Waals surface area contributed by atoms with Crippen LogP contribution in [0.4, 0.5) is 5.69 Å². The van der Waals surface area contributed by atoms with E-state index in [-0.39, 0.29) is 5.91 Å². The van der Waals surface area contributed by atoms with Crippen LogP contribution in [-0.4, -0.2) is 25.3 Å². The number of amides is 1. The highest BCUT2D eigenvalue weighted by molar-refractivity contribution is 8.01. The van der Waals surface area contributed by atoms with Gasteiger partial charge in [0.15, 0.2) is 4.87 Å². The second-order valence-electron chi connectivity index (χ2n) is 6.22.